The highest BCUT2D eigenvalue weighted by molar-refractivity contribution is 5.76. The van der Waals surface area contributed by atoms with E-state index >= 15 is 0 Å². The number of nitrogens with one attached hydrogen (secondary N) is 1. The Balaban J connectivity index is 3.29. The van der Waals surface area contributed by atoms with Crippen molar-refractivity contribution >= 4 is 11.9 Å². The standard InChI is InChI=1S/C69H135NO5/c1-3-5-7-9-11-13-15-16-17-37-40-43-47-51-55-59-63-69(74)75-64-60-56-52-48-44-41-38-35-33-31-29-27-25-23-21-19-18-20-22-24-26-28-30-32-34-36-39-42-46-50-54-58-62-68(73)70-66(65-71)67(72)61-57-53-49-45-14-12-10-8-6-4-2/h57,61,66-67,71-72H,3-56,58-60,62-65H2,1-2H3,(H,70,73)/b61-57+. The van der Waals surface area contributed by atoms with Gasteiger partial charge < -0.3 is 20.3 Å². The first-order chi connectivity index (χ1) is 37.0. The molecular formula is C69H135NO5. The zero-order valence-corrected chi connectivity index (χ0v) is 51.1. The van der Waals surface area contributed by atoms with Gasteiger partial charge in [-0.1, -0.05) is 360 Å². The van der Waals surface area contributed by atoms with E-state index in [2.05, 4.69) is 19.2 Å². The Morgan fingerprint density at radius 1 is 0.360 bits per heavy atom. The number of unbranched alkanes of at least 4 members (excludes halogenated alkanes) is 54. The number of amides is 1. The lowest BCUT2D eigenvalue weighted by Gasteiger charge is -2.20. The fraction of sp³-hybridized carbons (Fsp3) is 0.942. The molecule has 0 bridgehead atoms. The summed E-state index contributed by atoms with van der Waals surface area (Å²) in [6.45, 7) is 4.92. The van der Waals surface area contributed by atoms with Crippen LogP contribution in [0.3, 0.4) is 0 Å². The normalized spacial score (nSPS) is 12.5. The van der Waals surface area contributed by atoms with Crippen LogP contribution in [-0.4, -0.2) is 47.4 Å². The van der Waals surface area contributed by atoms with Gasteiger partial charge in [-0.2, -0.15) is 0 Å². The lowest BCUT2D eigenvalue weighted by molar-refractivity contribution is -0.143. The summed E-state index contributed by atoms with van der Waals surface area (Å²) in [4.78, 5) is 24.5. The molecule has 0 aliphatic carbocycles. The number of ether oxygens (including phenoxy) is 1. The maximum atomic E-state index is 12.4. The van der Waals surface area contributed by atoms with Crippen LogP contribution in [0, 0.1) is 0 Å². The van der Waals surface area contributed by atoms with Gasteiger partial charge in [0.15, 0.2) is 0 Å². The number of hydrogen-bond acceptors (Lipinski definition) is 5. The minimum absolute atomic E-state index is 0.0251. The summed E-state index contributed by atoms with van der Waals surface area (Å²) in [5.74, 6) is -0.0384. The van der Waals surface area contributed by atoms with E-state index in [0.29, 0.717) is 19.4 Å². The Labute approximate surface area is 469 Å². The molecule has 446 valence electrons. The highest BCUT2D eigenvalue weighted by Gasteiger charge is 2.18. The Bertz CT molecular complexity index is 1130. The van der Waals surface area contributed by atoms with Gasteiger partial charge in [0.2, 0.25) is 5.91 Å². The van der Waals surface area contributed by atoms with Crippen molar-refractivity contribution in [1.29, 1.82) is 0 Å². The third kappa shape index (κ3) is 61.7. The summed E-state index contributed by atoms with van der Waals surface area (Å²) in [5.41, 5.74) is 0. The van der Waals surface area contributed by atoms with Crippen LogP contribution in [0.5, 0.6) is 0 Å². The summed E-state index contributed by atoms with van der Waals surface area (Å²) >= 11 is 0. The largest absolute Gasteiger partial charge is 0.466 e. The number of carbonyl (C=O) groups excluding carboxylic acids is 2. The van der Waals surface area contributed by atoms with E-state index in [9.17, 15) is 19.8 Å². The molecule has 2 atom stereocenters. The molecule has 0 fully saturated rings. The number of esters is 1. The van der Waals surface area contributed by atoms with Crippen molar-refractivity contribution in [3.8, 4) is 0 Å². The zero-order valence-electron chi connectivity index (χ0n) is 51.1. The summed E-state index contributed by atoms with van der Waals surface area (Å²) in [7, 11) is 0. The smallest absolute Gasteiger partial charge is 0.305 e. The number of aliphatic hydroxyl groups excluding tert-OH is 2. The Morgan fingerprint density at radius 2 is 0.613 bits per heavy atom. The molecule has 6 heteroatoms. The summed E-state index contributed by atoms with van der Waals surface area (Å²) in [6, 6.07) is -0.622. The van der Waals surface area contributed by atoms with Crippen LogP contribution < -0.4 is 5.32 Å². The van der Waals surface area contributed by atoms with Crippen molar-refractivity contribution in [1.82, 2.24) is 5.32 Å². The minimum atomic E-state index is -0.838. The molecule has 0 heterocycles. The van der Waals surface area contributed by atoms with Crippen molar-refractivity contribution in [2.45, 2.75) is 405 Å². The highest BCUT2D eigenvalue weighted by Crippen LogP contribution is 2.19. The monoisotopic (exact) mass is 1060 g/mol. The first kappa shape index (κ1) is 73.6. The van der Waals surface area contributed by atoms with E-state index in [4.69, 9.17) is 4.74 Å². The molecule has 0 saturated heterocycles. The molecule has 0 aliphatic rings. The summed E-state index contributed by atoms with van der Waals surface area (Å²) < 4.78 is 5.51. The van der Waals surface area contributed by atoms with Gasteiger partial charge in [0.05, 0.1) is 25.4 Å². The van der Waals surface area contributed by atoms with Crippen LogP contribution in [0.1, 0.15) is 393 Å². The van der Waals surface area contributed by atoms with Gasteiger partial charge in [0.1, 0.15) is 0 Å². The van der Waals surface area contributed by atoms with E-state index in [0.717, 1.165) is 38.5 Å². The van der Waals surface area contributed by atoms with Crippen LogP contribution in [0.15, 0.2) is 12.2 Å². The maximum Gasteiger partial charge on any atom is 0.305 e. The Kier molecular flexibility index (Phi) is 63.9. The molecule has 0 aromatic carbocycles. The molecule has 0 aromatic rings. The number of aliphatic hydroxyl groups is 2. The number of rotatable bonds is 65. The minimum Gasteiger partial charge on any atom is -0.466 e. The summed E-state index contributed by atoms with van der Waals surface area (Å²) in [5, 5.41) is 23.0. The van der Waals surface area contributed by atoms with Gasteiger partial charge in [0, 0.05) is 12.8 Å². The second-order valence-corrected chi connectivity index (χ2v) is 23.9. The maximum absolute atomic E-state index is 12.4. The quantitative estimate of drug-likeness (QED) is 0.0320. The average Bonchev–Trinajstić information content (AvgIpc) is 3.41. The number of carbonyl (C=O) groups is 2. The predicted molar refractivity (Wildman–Crippen MR) is 329 cm³/mol. The van der Waals surface area contributed by atoms with E-state index in [1.165, 1.54) is 327 Å². The molecule has 0 aliphatic heterocycles. The van der Waals surface area contributed by atoms with Crippen LogP contribution in [0.2, 0.25) is 0 Å². The fourth-order valence-electron chi connectivity index (χ4n) is 11.1. The average molecular weight is 1060 g/mol. The molecule has 0 saturated carbocycles. The van der Waals surface area contributed by atoms with Crippen LogP contribution in [0.25, 0.3) is 0 Å². The van der Waals surface area contributed by atoms with Crippen molar-refractivity contribution < 1.29 is 24.5 Å². The highest BCUT2D eigenvalue weighted by atomic mass is 16.5. The zero-order chi connectivity index (χ0) is 54.3. The van der Waals surface area contributed by atoms with E-state index < -0.39 is 12.1 Å². The number of allylic oxidation sites excluding steroid dienone is 1. The van der Waals surface area contributed by atoms with Gasteiger partial charge in [0.25, 0.3) is 0 Å². The number of hydrogen-bond donors (Lipinski definition) is 3. The van der Waals surface area contributed by atoms with E-state index in [1.807, 2.05) is 6.08 Å². The third-order valence-corrected chi connectivity index (χ3v) is 16.3. The molecule has 0 rings (SSSR count). The van der Waals surface area contributed by atoms with E-state index in [1.54, 1.807) is 6.08 Å². The van der Waals surface area contributed by atoms with E-state index in [-0.39, 0.29) is 18.5 Å². The first-order valence-electron chi connectivity index (χ1n) is 34.5. The molecule has 75 heavy (non-hydrogen) atoms. The van der Waals surface area contributed by atoms with Gasteiger partial charge in [-0.25, -0.2) is 0 Å². The van der Waals surface area contributed by atoms with Gasteiger partial charge in [-0.15, -0.1) is 0 Å². The van der Waals surface area contributed by atoms with Crippen molar-refractivity contribution in [3.63, 3.8) is 0 Å². The second kappa shape index (κ2) is 65.1. The Hall–Kier alpha value is -1.40. The molecule has 0 radical (unpaired) electrons. The molecule has 0 spiro atoms. The first-order valence-corrected chi connectivity index (χ1v) is 34.5. The molecule has 0 aromatic heterocycles. The second-order valence-electron chi connectivity index (χ2n) is 23.9. The van der Waals surface area contributed by atoms with Crippen molar-refractivity contribution in [3.05, 3.63) is 12.2 Å². The summed E-state index contributed by atoms with van der Waals surface area (Å²) in [6.07, 6.45) is 80.2. The van der Waals surface area contributed by atoms with Crippen molar-refractivity contribution in [2.24, 2.45) is 0 Å². The SMILES string of the molecule is CCCCCCCCCC/C=C/C(O)C(CO)NC(=O)CCCCCCCCCCCCCCCCCCCCCCCCCCCCCCCCCCOC(=O)CCCCCCCCCCCCCCCCCC. The molecule has 2 unspecified atom stereocenters. The van der Waals surface area contributed by atoms with Crippen molar-refractivity contribution in [2.75, 3.05) is 13.2 Å². The van der Waals surface area contributed by atoms with Crippen LogP contribution in [-0.2, 0) is 14.3 Å². The van der Waals surface area contributed by atoms with Gasteiger partial charge in [-0.05, 0) is 32.1 Å². The third-order valence-electron chi connectivity index (χ3n) is 16.3. The van der Waals surface area contributed by atoms with Gasteiger partial charge >= 0.3 is 5.97 Å². The lowest BCUT2D eigenvalue weighted by atomic mass is 10.0. The van der Waals surface area contributed by atoms with Gasteiger partial charge in [-0.3, -0.25) is 9.59 Å². The topological polar surface area (TPSA) is 95.9 Å². The molecule has 1 amide bonds. The molecule has 6 nitrogen and oxygen atoms in total. The van der Waals surface area contributed by atoms with Crippen LogP contribution >= 0.6 is 0 Å². The molecular weight excluding hydrogens is 923 g/mol. The van der Waals surface area contributed by atoms with Crippen LogP contribution in [0.4, 0.5) is 0 Å². The predicted octanol–water partition coefficient (Wildman–Crippen LogP) is 22.0. The fourth-order valence-corrected chi connectivity index (χ4v) is 11.1. The Morgan fingerprint density at radius 3 is 0.907 bits per heavy atom. The lowest BCUT2D eigenvalue weighted by Crippen LogP contribution is -2.45. The molecule has 3 N–H and O–H groups in total.